The van der Waals surface area contributed by atoms with Gasteiger partial charge < -0.3 is 24.8 Å². The maximum atomic E-state index is 3.34. The number of hydrogen-bond acceptors (Lipinski definition) is 0. The molecule has 0 radical (unpaired) electrons. The molecule has 0 fully saturated rings. The summed E-state index contributed by atoms with van der Waals surface area (Å²) in [6.45, 7) is 8.71. The first-order chi connectivity index (χ1) is 13.6. The molecule has 4 rings (SSSR count). The number of benzene rings is 2. The van der Waals surface area contributed by atoms with Gasteiger partial charge in [-0.05, 0) is 13.8 Å². The van der Waals surface area contributed by atoms with Gasteiger partial charge in [-0.1, -0.05) is 79.8 Å². The molecule has 3 heteroatoms. The molecule has 30 heavy (non-hydrogen) atoms. The number of aryl methyl sites for hydroxylation is 4. The molecule has 0 spiro atoms. The molecule has 0 saturated heterocycles. The van der Waals surface area contributed by atoms with Crippen molar-refractivity contribution in [3.8, 4) is 11.1 Å². The third-order valence-corrected chi connectivity index (χ3v) is 4.94. The fourth-order valence-corrected chi connectivity index (χ4v) is 3.64. The number of fused-ring (bicyclic) bond motifs is 1. The van der Waals surface area contributed by atoms with Gasteiger partial charge in [0, 0.05) is 0 Å². The summed E-state index contributed by atoms with van der Waals surface area (Å²) in [6.07, 6.45) is 2.35. The molecule has 4 aromatic carbocycles. The van der Waals surface area contributed by atoms with E-state index in [2.05, 4.69) is 105 Å². The topological polar surface area (TPSA) is 0 Å². The van der Waals surface area contributed by atoms with Crippen molar-refractivity contribution < 1.29 is 49.0 Å². The zero-order valence-electron chi connectivity index (χ0n) is 18.3. The largest absolute Gasteiger partial charge is 1.00 e. The van der Waals surface area contributed by atoms with Crippen molar-refractivity contribution in [3.05, 3.63) is 95.1 Å². The Bertz CT molecular complexity index is 939. The fourth-order valence-electron chi connectivity index (χ4n) is 3.64. The molecule has 4 aromatic rings. The molecular formula is C27H30Cl2Zr-2. The van der Waals surface area contributed by atoms with Crippen molar-refractivity contribution in [3.63, 3.8) is 0 Å². The van der Waals surface area contributed by atoms with Crippen molar-refractivity contribution in [2.45, 2.75) is 40.5 Å². The van der Waals surface area contributed by atoms with Crippen molar-refractivity contribution in [2.24, 2.45) is 0 Å². The van der Waals surface area contributed by atoms with Crippen LogP contribution in [0.15, 0.2) is 72.8 Å². The molecule has 0 aromatic heterocycles. The second kappa shape index (κ2) is 14.7. The molecule has 0 aliphatic heterocycles. The molecule has 158 valence electrons. The predicted octanol–water partition coefficient (Wildman–Crippen LogP) is 1.35. The summed E-state index contributed by atoms with van der Waals surface area (Å²) in [4.78, 5) is 0. The van der Waals surface area contributed by atoms with E-state index in [0.29, 0.717) is 0 Å². The Morgan fingerprint density at radius 2 is 1.50 bits per heavy atom. The van der Waals surface area contributed by atoms with Gasteiger partial charge in [0.1, 0.15) is 0 Å². The van der Waals surface area contributed by atoms with Crippen LogP contribution >= 0.6 is 0 Å². The molecule has 0 aliphatic carbocycles. The van der Waals surface area contributed by atoms with Gasteiger partial charge in [-0.3, -0.25) is 0 Å². The van der Waals surface area contributed by atoms with Crippen LogP contribution in [-0.4, -0.2) is 4.21 Å². The monoisotopic (exact) mass is 514 g/mol. The Kier molecular flexibility index (Phi) is 14.1. The van der Waals surface area contributed by atoms with Crippen LogP contribution in [0, 0.1) is 13.8 Å². The van der Waals surface area contributed by atoms with Gasteiger partial charge in [-0.25, -0.2) is 12.1 Å². The maximum Gasteiger partial charge on any atom is -1.00 e. The first-order valence-electron chi connectivity index (χ1n) is 9.93. The normalized spacial score (nSPS) is 9.40. The minimum absolute atomic E-state index is 0. The van der Waals surface area contributed by atoms with Gasteiger partial charge >= 0.3 is 28.4 Å². The van der Waals surface area contributed by atoms with E-state index in [9.17, 15) is 0 Å². The maximum absolute atomic E-state index is 3.34. The average molecular weight is 517 g/mol. The standard InChI is InChI=1S/C17H15.C9H13.CH2.2ClH.Zr/c1-12-7-13(2)9-16(8-12)17-10-14-5-3-4-6-15(14)11-17;1-3-8-6-5-7-9(8)4-2;;;;/h3-11H,1-2H3;5-7H,3-4H2,1-2H3;1H2;2*1H;/q2*-1;;;;+2/p-2. The van der Waals surface area contributed by atoms with Gasteiger partial charge in [0.15, 0.2) is 0 Å². The number of halogens is 2. The average Bonchev–Trinajstić information content (AvgIpc) is 3.35. The summed E-state index contributed by atoms with van der Waals surface area (Å²) in [5, 5.41) is 2.64. The third-order valence-electron chi connectivity index (χ3n) is 4.94. The van der Waals surface area contributed by atoms with Crippen molar-refractivity contribution in [2.75, 3.05) is 0 Å². The van der Waals surface area contributed by atoms with Crippen LogP contribution in [0.5, 0.6) is 0 Å². The van der Waals surface area contributed by atoms with Gasteiger partial charge in [0.05, 0.1) is 0 Å². The van der Waals surface area contributed by atoms with Crippen molar-refractivity contribution in [1.29, 1.82) is 0 Å². The van der Waals surface area contributed by atoms with Gasteiger partial charge in [-0.15, -0.1) is 34.5 Å². The fraction of sp³-hybridized carbons (Fsp3) is 0.222. The Labute approximate surface area is 209 Å². The Hall–Kier alpha value is -1.27. The summed E-state index contributed by atoms with van der Waals surface area (Å²) < 4.78 is 3.34. The van der Waals surface area contributed by atoms with E-state index in [0.717, 1.165) is 0 Å². The van der Waals surface area contributed by atoms with Gasteiger partial charge in [0.2, 0.25) is 0 Å². The Morgan fingerprint density at radius 1 is 0.867 bits per heavy atom. The summed E-state index contributed by atoms with van der Waals surface area (Å²) >= 11 is 1.30. The van der Waals surface area contributed by atoms with E-state index in [4.69, 9.17) is 0 Å². The molecule has 0 unspecified atom stereocenters. The molecule has 0 atom stereocenters. The second-order valence-corrected chi connectivity index (χ2v) is 7.03. The molecular weight excluding hydrogens is 486 g/mol. The second-order valence-electron chi connectivity index (χ2n) is 7.03. The van der Waals surface area contributed by atoms with E-state index in [1.54, 1.807) is 0 Å². The number of hydrogen-bond donors (Lipinski definition) is 0. The van der Waals surface area contributed by atoms with Crippen LogP contribution in [-0.2, 0) is 37.1 Å². The quantitative estimate of drug-likeness (QED) is 0.361. The number of rotatable bonds is 3. The van der Waals surface area contributed by atoms with E-state index in [1.165, 1.54) is 81.2 Å². The zero-order chi connectivity index (χ0) is 20.5. The van der Waals surface area contributed by atoms with Crippen LogP contribution in [0.2, 0.25) is 0 Å². The first-order valence-corrected chi connectivity index (χ1v) is 11.7. The molecule has 0 amide bonds. The Balaban J connectivity index is 0.000000558. The van der Waals surface area contributed by atoms with Crippen LogP contribution < -0.4 is 24.8 Å². The Morgan fingerprint density at radius 3 is 2.03 bits per heavy atom. The SMILES string of the molecule is CCc1ccc[c-]1CC.Cc1cc(C)cc(-c2cc3ccccc3[cH-]2)c1.[CH2]=[Zr+2].[Cl-].[Cl-]. The summed E-state index contributed by atoms with van der Waals surface area (Å²) in [5.74, 6) is 0. The zero-order valence-corrected chi connectivity index (χ0v) is 22.3. The smallest absolute Gasteiger partial charge is 1.00 e. The van der Waals surface area contributed by atoms with Crippen LogP contribution in [0.4, 0.5) is 0 Å². The molecule has 0 saturated carbocycles. The van der Waals surface area contributed by atoms with Gasteiger partial charge in [-0.2, -0.15) is 17.2 Å². The predicted molar refractivity (Wildman–Crippen MR) is 122 cm³/mol. The molecule has 0 N–H and O–H groups in total. The van der Waals surface area contributed by atoms with Crippen molar-refractivity contribution in [1.82, 2.24) is 0 Å². The molecule has 0 nitrogen and oxygen atoms in total. The van der Waals surface area contributed by atoms with E-state index in [1.807, 2.05) is 0 Å². The van der Waals surface area contributed by atoms with E-state index < -0.39 is 0 Å². The molecule has 0 heterocycles. The van der Waals surface area contributed by atoms with Crippen molar-refractivity contribution >= 4 is 15.0 Å². The molecule has 0 bridgehead atoms. The third kappa shape index (κ3) is 7.77. The van der Waals surface area contributed by atoms with E-state index >= 15 is 0 Å². The van der Waals surface area contributed by atoms with Crippen LogP contribution in [0.3, 0.4) is 0 Å². The molecule has 0 aliphatic rings. The van der Waals surface area contributed by atoms with Crippen LogP contribution in [0.25, 0.3) is 21.9 Å². The van der Waals surface area contributed by atoms with Gasteiger partial charge in [0.25, 0.3) is 0 Å². The summed E-state index contributed by atoms with van der Waals surface area (Å²) in [7, 11) is 0. The van der Waals surface area contributed by atoms with Crippen LogP contribution in [0.1, 0.15) is 36.1 Å². The first kappa shape index (κ1) is 28.7. The summed E-state index contributed by atoms with van der Waals surface area (Å²) in [5.41, 5.74) is 8.31. The van der Waals surface area contributed by atoms with E-state index in [-0.39, 0.29) is 24.8 Å². The summed E-state index contributed by atoms with van der Waals surface area (Å²) in [6, 6.07) is 26.3. The minimum Gasteiger partial charge on any atom is -1.00 e. The minimum atomic E-state index is 0.